The van der Waals surface area contributed by atoms with E-state index in [2.05, 4.69) is 5.32 Å². The van der Waals surface area contributed by atoms with Gasteiger partial charge in [-0.3, -0.25) is 14.9 Å². The molecule has 7 heteroatoms. The number of ether oxygens (including phenoxy) is 1. The van der Waals surface area contributed by atoms with Gasteiger partial charge in [0.15, 0.2) is 0 Å². The van der Waals surface area contributed by atoms with Gasteiger partial charge in [-0.15, -0.1) is 0 Å². The van der Waals surface area contributed by atoms with Crippen molar-refractivity contribution in [2.45, 2.75) is 13.0 Å². The number of hydrogen-bond donors (Lipinski definition) is 1. The third-order valence-electron chi connectivity index (χ3n) is 1.94. The van der Waals surface area contributed by atoms with E-state index in [4.69, 9.17) is 4.74 Å². The normalized spacial score (nSPS) is 11.4. The zero-order valence-electron chi connectivity index (χ0n) is 8.95. The molecule has 0 aromatic heterocycles. The monoisotopic (exact) mass is 238 g/mol. The highest BCUT2D eigenvalue weighted by Gasteiger charge is 2.14. The minimum absolute atomic E-state index is 0.0936. The summed E-state index contributed by atoms with van der Waals surface area (Å²) in [6.45, 7) is 1.46. The third kappa shape index (κ3) is 3.56. The molecule has 0 saturated heterocycles. The number of rotatable bonds is 5. The number of nitrogens with zero attached hydrogens (tertiary/aromatic N) is 1. The van der Waals surface area contributed by atoms with Crippen LogP contribution in [0.25, 0.3) is 0 Å². The molecule has 1 aromatic rings. The second kappa shape index (κ2) is 5.59. The van der Waals surface area contributed by atoms with Crippen molar-refractivity contribution in [3.8, 4) is 5.75 Å². The van der Waals surface area contributed by atoms with Crippen LogP contribution in [0.15, 0.2) is 24.3 Å². The zero-order valence-corrected chi connectivity index (χ0v) is 8.95. The quantitative estimate of drug-likeness (QED) is 0.267. The lowest BCUT2D eigenvalue weighted by atomic mass is 10.3. The maximum absolute atomic E-state index is 11.3. The van der Waals surface area contributed by atoms with Crippen LogP contribution >= 0.6 is 0 Å². The fourth-order valence-electron chi connectivity index (χ4n) is 1.01. The molecule has 0 spiro atoms. The Morgan fingerprint density at radius 3 is 2.53 bits per heavy atom. The van der Waals surface area contributed by atoms with Crippen molar-refractivity contribution >= 4 is 18.1 Å². The van der Waals surface area contributed by atoms with Gasteiger partial charge in [-0.25, -0.2) is 4.79 Å². The Morgan fingerprint density at radius 1 is 1.47 bits per heavy atom. The molecule has 0 saturated carbocycles. The van der Waals surface area contributed by atoms with Gasteiger partial charge in [0.2, 0.25) is 6.41 Å². The van der Waals surface area contributed by atoms with E-state index in [1.54, 1.807) is 0 Å². The number of esters is 1. The Kier molecular flexibility index (Phi) is 4.15. The highest BCUT2D eigenvalue weighted by atomic mass is 16.6. The topological polar surface area (TPSA) is 98.5 Å². The molecule has 17 heavy (non-hydrogen) atoms. The van der Waals surface area contributed by atoms with Crippen LogP contribution in [0.1, 0.15) is 6.92 Å². The minimum Gasteiger partial charge on any atom is -0.425 e. The Hall–Kier alpha value is -2.44. The highest BCUT2D eigenvalue weighted by molar-refractivity contribution is 5.79. The van der Waals surface area contributed by atoms with E-state index < -0.39 is 16.9 Å². The molecule has 0 aliphatic rings. The lowest BCUT2D eigenvalue weighted by Crippen LogP contribution is -2.35. The van der Waals surface area contributed by atoms with Crippen LogP contribution in [0.4, 0.5) is 5.69 Å². The summed E-state index contributed by atoms with van der Waals surface area (Å²) in [6.07, 6.45) is 0.391. The summed E-state index contributed by atoms with van der Waals surface area (Å²) in [4.78, 5) is 31.3. The third-order valence-corrected chi connectivity index (χ3v) is 1.94. The Labute approximate surface area is 96.5 Å². The van der Waals surface area contributed by atoms with Crippen molar-refractivity contribution in [3.63, 3.8) is 0 Å². The first-order chi connectivity index (χ1) is 8.04. The molecule has 0 aliphatic heterocycles. The summed E-state index contributed by atoms with van der Waals surface area (Å²) in [5.74, 6) is -0.467. The SMILES string of the molecule is C[C@@H](NC=O)C(=O)Oc1ccc([N+](=O)[O-])cc1. The largest absolute Gasteiger partial charge is 0.425 e. The summed E-state index contributed by atoms with van der Waals surface area (Å²) in [7, 11) is 0. The molecule has 0 unspecified atom stereocenters. The lowest BCUT2D eigenvalue weighted by molar-refractivity contribution is -0.384. The fourth-order valence-corrected chi connectivity index (χ4v) is 1.01. The van der Waals surface area contributed by atoms with E-state index in [1.165, 1.54) is 31.2 Å². The van der Waals surface area contributed by atoms with E-state index in [9.17, 15) is 19.7 Å². The number of benzene rings is 1. The fraction of sp³-hybridized carbons (Fsp3) is 0.200. The van der Waals surface area contributed by atoms with Crippen molar-refractivity contribution < 1.29 is 19.2 Å². The Morgan fingerprint density at radius 2 is 2.06 bits per heavy atom. The van der Waals surface area contributed by atoms with Gasteiger partial charge in [0.1, 0.15) is 11.8 Å². The van der Waals surface area contributed by atoms with Crippen LogP contribution in [0.3, 0.4) is 0 Å². The molecule has 1 N–H and O–H groups in total. The molecule has 0 aliphatic carbocycles. The van der Waals surface area contributed by atoms with Gasteiger partial charge in [-0.2, -0.15) is 0 Å². The van der Waals surface area contributed by atoms with E-state index in [0.717, 1.165) is 0 Å². The van der Waals surface area contributed by atoms with Crippen molar-refractivity contribution in [2.24, 2.45) is 0 Å². The number of hydrogen-bond acceptors (Lipinski definition) is 5. The molecule has 0 fully saturated rings. The van der Waals surface area contributed by atoms with Gasteiger partial charge in [0, 0.05) is 12.1 Å². The van der Waals surface area contributed by atoms with Crippen LogP contribution in [-0.2, 0) is 9.59 Å². The van der Waals surface area contributed by atoms with Gasteiger partial charge in [0.25, 0.3) is 5.69 Å². The molecule has 0 heterocycles. The Bertz CT molecular complexity index is 429. The van der Waals surface area contributed by atoms with Crippen LogP contribution in [0.2, 0.25) is 0 Å². The molecule has 90 valence electrons. The standard InChI is InChI=1S/C10H10N2O5/c1-7(11-6-13)10(14)17-9-4-2-8(3-5-9)12(15)16/h2-7H,1H3,(H,11,13)/t7-/m1/s1. The number of amides is 1. The smallest absolute Gasteiger partial charge is 0.333 e. The number of nitro groups is 1. The predicted octanol–water partition coefficient (Wildman–Crippen LogP) is 0.635. The second-order valence-electron chi connectivity index (χ2n) is 3.18. The van der Waals surface area contributed by atoms with Crippen molar-refractivity contribution in [1.29, 1.82) is 0 Å². The predicted molar refractivity (Wildman–Crippen MR) is 57.4 cm³/mol. The van der Waals surface area contributed by atoms with E-state index in [0.29, 0.717) is 6.41 Å². The van der Waals surface area contributed by atoms with Crippen LogP contribution < -0.4 is 10.1 Å². The average Bonchev–Trinajstić information content (AvgIpc) is 2.30. The molecule has 1 rings (SSSR count). The molecule has 7 nitrogen and oxygen atoms in total. The lowest BCUT2D eigenvalue weighted by Gasteiger charge is -2.09. The minimum atomic E-state index is -0.775. The Balaban J connectivity index is 2.66. The van der Waals surface area contributed by atoms with Gasteiger partial charge >= 0.3 is 5.97 Å². The van der Waals surface area contributed by atoms with E-state index in [-0.39, 0.29) is 11.4 Å². The molecular weight excluding hydrogens is 228 g/mol. The summed E-state index contributed by atoms with van der Waals surface area (Å²) in [5.41, 5.74) is -0.0936. The number of carbonyl (C=O) groups excluding carboxylic acids is 2. The summed E-state index contributed by atoms with van der Waals surface area (Å²) in [5, 5.41) is 12.6. The number of non-ortho nitro benzene ring substituents is 1. The van der Waals surface area contributed by atoms with E-state index in [1.807, 2.05) is 0 Å². The zero-order chi connectivity index (χ0) is 12.8. The highest BCUT2D eigenvalue weighted by Crippen LogP contribution is 2.17. The second-order valence-corrected chi connectivity index (χ2v) is 3.18. The first kappa shape index (κ1) is 12.6. The molecule has 1 atom stereocenters. The van der Waals surface area contributed by atoms with Crippen LogP contribution in [0.5, 0.6) is 5.75 Å². The maximum Gasteiger partial charge on any atom is 0.333 e. The first-order valence-corrected chi connectivity index (χ1v) is 4.70. The number of carbonyl (C=O) groups is 2. The van der Waals surface area contributed by atoms with Gasteiger partial charge in [-0.1, -0.05) is 0 Å². The van der Waals surface area contributed by atoms with Gasteiger partial charge in [-0.05, 0) is 19.1 Å². The average molecular weight is 238 g/mol. The van der Waals surface area contributed by atoms with Gasteiger partial charge < -0.3 is 10.1 Å². The molecule has 0 radical (unpaired) electrons. The van der Waals surface area contributed by atoms with Crippen LogP contribution in [0, 0.1) is 10.1 Å². The number of nitrogens with one attached hydrogen (secondary N) is 1. The van der Waals surface area contributed by atoms with Crippen molar-refractivity contribution in [1.82, 2.24) is 5.32 Å². The molecular formula is C10H10N2O5. The van der Waals surface area contributed by atoms with Crippen LogP contribution in [-0.4, -0.2) is 23.3 Å². The summed E-state index contributed by atoms with van der Waals surface area (Å²) >= 11 is 0. The number of nitro benzene ring substituents is 1. The molecule has 1 aromatic carbocycles. The first-order valence-electron chi connectivity index (χ1n) is 4.70. The molecule has 1 amide bonds. The molecule has 0 bridgehead atoms. The van der Waals surface area contributed by atoms with Crippen molar-refractivity contribution in [3.05, 3.63) is 34.4 Å². The van der Waals surface area contributed by atoms with Gasteiger partial charge in [0.05, 0.1) is 4.92 Å². The van der Waals surface area contributed by atoms with Crippen molar-refractivity contribution in [2.75, 3.05) is 0 Å². The summed E-state index contributed by atoms with van der Waals surface area (Å²) in [6, 6.07) is 4.29. The maximum atomic E-state index is 11.3. The van der Waals surface area contributed by atoms with E-state index >= 15 is 0 Å². The summed E-state index contributed by atoms with van der Waals surface area (Å²) < 4.78 is 4.88.